The van der Waals surface area contributed by atoms with Crippen molar-refractivity contribution in [2.75, 3.05) is 24.4 Å². The van der Waals surface area contributed by atoms with Crippen LogP contribution in [0.25, 0.3) is 0 Å². The van der Waals surface area contributed by atoms with E-state index in [-0.39, 0.29) is 11.9 Å². The number of hydrogen-bond donors (Lipinski definition) is 1. The Bertz CT molecular complexity index is 1040. The van der Waals surface area contributed by atoms with E-state index in [1.165, 1.54) is 5.56 Å². The molecule has 0 radical (unpaired) electrons. The predicted octanol–water partition coefficient (Wildman–Crippen LogP) is 3.83. The fraction of sp³-hybridized carbons (Fsp3) is 0.227. The number of nitrogens with one attached hydrogen (secondary N) is 1. The lowest BCUT2D eigenvalue weighted by Gasteiger charge is -2.22. The Balaban J connectivity index is 1.52. The molecular weight excluding hydrogens is 368 g/mol. The molecule has 4 rings (SSSR count). The van der Waals surface area contributed by atoms with E-state index in [1.54, 1.807) is 37.3 Å². The van der Waals surface area contributed by atoms with Gasteiger partial charge in [-0.2, -0.15) is 0 Å². The van der Waals surface area contributed by atoms with Crippen molar-refractivity contribution in [1.82, 2.24) is 10.2 Å². The van der Waals surface area contributed by atoms with Crippen molar-refractivity contribution in [3.63, 3.8) is 0 Å². The standard InChI is InChI=1S/C22H22N4O3/c1-14-12-15-6-4-5-7-18(15)26(14)22(27)17-9-11-21(25-24-17)23-16-8-10-19(28-2)20(13-16)29-3/h4-11,13-14H,12H2,1-3H3,(H,23,25). The molecule has 2 heterocycles. The average molecular weight is 390 g/mol. The molecule has 1 atom stereocenters. The highest BCUT2D eigenvalue weighted by molar-refractivity contribution is 6.06. The van der Waals surface area contributed by atoms with Crippen LogP contribution in [-0.4, -0.2) is 36.4 Å². The minimum Gasteiger partial charge on any atom is -0.493 e. The molecular formula is C22H22N4O3. The molecule has 1 unspecified atom stereocenters. The lowest BCUT2D eigenvalue weighted by atomic mass is 10.1. The number of para-hydroxylation sites is 1. The second kappa shape index (κ2) is 7.79. The first-order valence-corrected chi connectivity index (χ1v) is 9.35. The highest BCUT2D eigenvalue weighted by Gasteiger charge is 2.31. The van der Waals surface area contributed by atoms with E-state index in [0.29, 0.717) is 23.0 Å². The lowest BCUT2D eigenvalue weighted by Crippen LogP contribution is -2.36. The van der Waals surface area contributed by atoms with E-state index < -0.39 is 0 Å². The van der Waals surface area contributed by atoms with Crippen LogP contribution in [0.1, 0.15) is 23.0 Å². The molecule has 0 fully saturated rings. The molecule has 0 saturated heterocycles. The summed E-state index contributed by atoms with van der Waals surface area (Å²) in [5.41, 5.74) is 3.21. The van der Waals surface area contributed by atoms with Crippen LogP contribution >= 0.6 is 0 Å². The van der Waals surface area contributed by atoms with E-state index in [2.05, 4.69) is 21.6 Å². The Labute approximate surface area is 169 Å². The third-order valence-electron chi connectivity index (χ3n) is 4.97. The van der Waals surface area contributed by atoms with E-state index in [9.17, 15) is 4.79 Å². The van der Waals surface area contributed by atoms with Crippen LogP contribution in [0.3, 0.4) is 0 Å². The van der Waals surface area contributed by atoms with Gasteiger partial charge in [-0.1, -0.05) is 18.2 Å². The van der Waals surface area contributed by atoms with Crippen molar-refractivity contribution < 1.29 is 14.3 Å². The summed E-state index contributed by atoms with van der Waals surface area (Å²) in [6.45, 7) is 2.04. The van der Waals surface area contributed by atoms with E-state index >= 15 is 0 Å². The molecule has 7 heteroatoms. The number of aromatic nitrogens is 2. The van der Waals surface area contributed by atoms with Crippen molar-refractivity contribution in [1.29, 1.82) is 0 Å². The molecule has 0 spiro atoms. The number of benzene rings is 2. The summed E-state index contributed by atoms with van der Waals surface area (Å²) >= 11 is 0. The summed E-state index contributed by atoms with van der Waals surface area (Å²) in [7, 11) is 3.17. The zero-order chi connectivity index (χ0) is 20.4. The van der Waals surface area contributed by atoms with Gasteiger partial charge in [0.2, 0.25) is 0 Å². The molecule has 1 aromatic heterocycles. The van der Waals surface area contributed by atoms with Crippen molar-refractivity contribution in [3.05, 3.63) is 65.9 Å². The Morgan fingerprint density at radius 2 is 1.83 bits per heavy atom. The first kappa shape index (κ1) is 18.7. The molecule has 0 saturated carbocycles. The Morgan fingerprint density at radius 3 is 2.55 bits per heavy atom. The zero-order valence-electron chi connectivity index (χ0n) is 16.5. The van der Waals surface area contributed by atoms with Crippen LogP contribution in [0, 0.1) is 0 Å². The van der Waals surface area contributed by atoms with Crippen molar-refractivity contribution in [2.45, 2.75) is 19.4 Å². The van der Waals surface area contributed by atoms with Crippen molar-refractivity contribution in [2.24, 2.45) is 0 Å². The van der Waals surface area contributed by atoms with Gasteiger partial charge >= 0.3 is 0 Å². The van der Waals surface area contributed by atoms with Crippen molar-refractivity contribution >= 4 is 23.1 Å². The molecule has 29 heavy (non-hydrogen) atoms. The number of fused-ring (bicyclic) bond motifs is 1. The van der Waals surface area contributed by atoms with Gasteiger partial charge in [-0.3, -0.25) is 4.79 Å². The summed E-state index contributed by atoms with van der Waals surface area (Å²) in [5, 5.41) is 11.5. The number of anilines is 3. The smallest absolute Gasteiger partial charge is 0.279 e. The van der Waals surface area contributed by atoms with Gasteiger partial charge in [0.25, 0.3) is 5.91 Å². The molecule has 0 bridgehead atoms. The first-order valence-electron chi connectivity index (χ1n) is 9.35. The van der Waals surface area contributed by atoms with Crippen LogP contribution < -0.4 is 19.7 Å². The van der Waals surface area contributed by atoms with Gasteiger partial charge in [-0.15, -0.1) is 10.2 Å². The number of nitrogens with zero attached hydrogens (tertiary/aromatic N) is 3. The maximum absolute atomic E-state index is 13.0. The second-order valence-corrected chi connectivity index (χ2v) is 6.86. The van der Waals surface area contributed by atoms with Crippen LogP contribution in [0.15, 0.2) is 54.6 Å². The lowest BCUT2D eigenvalue weighted by molar-refractivity contribution is 0.0975. The predicted molar refractivity (Wildman–Crippen MR) is 111 cm³/mol. The molecule has 1 N–H and O–H groups in total. The number of methoxy groups -OCH3 is 2. The third kappa shape index (κ3) is 3.59. The van der Waals surface area contributed by atoms with Gasteiger partial charge in [0.05, 0.1) is 14.2 Å². The van der Waals surface area contributed by atoms with Gasteiger partial charge in [0.1, 0.15) is 0 Å². The number of hydrogen-bond acceptors (Lipinski definition) is 6. The summed E-state index contributed by atoms with van der Waals surface area (Å²) in [6, 6.07) is 16.9. The fourth-order valence-electron chi connectivity index (χ4n) is 3.57. The average Bonchev–Trinajstić information content (AvgIpc) is 3.09. The maximum atomic E-state index is 13.0. The number of rotatable bonds is 5. The Kier molecular flexibility index (Phi) is 5.03. The van der Waals surface area contributed by atoms with Crippen molar-refractivity contribution in [3.8, 4) is 11.5 Å². The zero-order valence-corrected chi connectivity index (χ0v) is 16.5. The quantitative estimate of drug-likeness (QED) is 0.714. The highest BCUT2D eigenvalue weighted by Crippen LogP contribution is 2.33. The van der Waals surface area contributed by atoms with Gasteiger partial charge in [0, 0.05) is 23.5 Å². The number of carbonyl (C=O) groups excluding carboxylic acids is 1. The van der Waals surface area contributed by atoms with Crippen LogP contribution in [0.5, 0.6) is 11.5 Å². The Hall–Kier alpha value is -3.61. The molecule has 7 nitrogen and oxygen atoms in total. The molecule has 1 aliphatic heterocycles. The van der Waals surface area contributed by atoms with E-state index in [1.807, 2.05) is 37.3 Å². The van der Waals surface area contributed by atoms with Gasteiger partial charge < -0.3 is 19.7 Å². The SMILES string of the molecule is COc1ccc(Nc2ccc(C(=O)N3c4ccccc4CC3C)nn2)cc1OC. The van der Waals surface area contributed by atoms with Crippen LogP contribution in [0.4, 0.5) is 17.2 Å². The van der Waals surface area contributed by atoms with E-state index in [0.717, 1.165) is 17.8 Å². The number of carbonyl (C=O) groups is 1. The van der Waals surface area contributed by atoms with E-state index in [4.69, 9.17) is 9.47 Å². The highest BCUT2D eigenvalue weighted by atomic mass is 16.5. The molecule has 3 aromatic rings. The van der Waals surface area contributed by atoms with Gasteiger partial charge in [-0.05, 0) is 49.2 Å². The molecule has 0 aliphatic carbocycles. The summed E-state index contributed by atoms with van der Waals surface area (Å²) in [4.78, 5) is 14.8. The fourth-order valence-corrected chi connectivity index (χ4v) is 3.57. The number of ether oxygens (including phenoxy) is 2. The largest absolute Gasteiger partial charge is 0.493 e. The normalized spacial score (nSPS) is 15.0. The first-order chi connectivity index (χ1) is 14.1. The molecule has 148 valence electrons. The maximum Gasteiger partial charge on any atom is 0.279 e. The van der Waals surface area contributed by atoms with Crippen LogP contribution in [0.2, 0.25) is 0 Å². The molecule has 1 aliphatic rings. The third-order valence-corrected chi connectivity index (χ3v) is 4.97. The topological polar surface area (TPSA) is 76.6 Å². The summed E-state index contributed by atoms with van der Waals surface area (Å²) in [6.07, 6.45) is 0.842. The molecule has 2 aromatic carbocycles. The Morgan fingerprint density at radius 1 is 1.03 bits per heavy atom. The molecule has 1 amide bonds. The summed E-state index contributed by atoms with van der Waals surface area (Å²) in [5.74, 6) is 1.64. The van der Waals surface area contributed by atoms with Gasteiger partial charge in [-0.25, -0.2) is 0 Å². The monoisotopic (exact) mass is 390 g/mol. The summed E-state index contributed by atoms with van der Waals surface area (Å²) < 4.78 is 10.6. The number of amides is 1. The second-order valence-electron chi connectivity index (χ2n) is 6.86. The van der Waals surface area contributed by atoms with Crippen LogP contribution in [-0.2, 0) is 6.42 Å². The van der Waals surface area contributed by atoms with Gasteiger partial charge in [0.15, 0.2) is 23.0 Å². The minimum absolute atomic E-state index is 0.0891. The minimum atomic E-state index is -0.146.